The van der Waals surface area contributed by atoms with Crippen molar-refractivity contribution in [3.8, 4) is 5.75 Å². The first kappa shape index (κ1) is 16.1. The lowest BCUT2D eigenvalue weighted by Crippen LogP contribution is -2.20. The summed E-state index contributed by atoms with van der Waals surface area (Å²) in [4.78, 5) is 0. The van der Waals surface area contributed by atoms with Gasteiger partial charge < -0.3 is 10.1 Å². The molecule has 3 heteroatoms. The third-order valence-corrected chi connectivity index (χ3v) is 4.61. The molecule has 0 aliphatic rings. The maximum atomic E-state index is 5.33. The van der Waals surface area contributed by atoms with Gasteiger partial charge in [0, 0.05) is 10.5 Å². The molecule has 0 fully saturated rings. The highest BCUT2D eigenvalue weighted by Gasteiger charge is 2.15. The highest BCUT2D eigenvalue weighted by Crippen LogP contribution is 2.28. The van der Waals surface area contributed by atoms with Gasteiger partial charge >= 0.3 is 0 Å². The van der Waals surface area contributed by atoms with Crippen LogP contribution in [0.15, 0.2) is 46.9 Å². The van der Waals surface area contributed by atoms with Gasteiger partial charge in [0.15, 0.2) is 0 Å². The average molecular weight is 348 g/mol. The molecule has 0 aliphatic heterocycles. The Kier molecular flexibility index (Phi) is 5.83. The summed E-state index contributed by atoms with van der Waals surface area (Å²) in [6, 6.07) is 15.1. The van der Waals surface area contributed by atoms with E-state index in [2.05, 4.69) is 58.5 Å². The van der Waals surface area contributed by atoms with Crippen molar-refractivity contribution >= 4 is 15.9 Å². The number of methoxy groups -OCH3 is 1. The van der Waals surface area contributed by atoms with Crippen LogP contribution < -0.4 is 10.1 Å². The van der Waals surface area contributed by atoms with Crippen LogP contribution in [0.2, 0.25) is 0 Å². The number of aryl methyl sites for hydroxylation is 1. The van der Waals surface area contributed by atoms with Gasteiger partial charge in [0.05, 0.1) is 7.11 Å². The SMILES string of the molecule is CCc1ccccc1C(Cc1cc(OC)ccc1Br)NC. The molecule has 0 saturated carbocycles. The van der Waals surface area contributed by atoms with Gasteiger partial charge in [-0.05, 0) is 54.8 Å². The largest absolute Gasteiger partial charge is 0.497 e. The molecule has 21 heavy (non-hydrogen) atoms. The van der Waals surface area contributed by atoms with E-state index in [4.69, 9.17) is 4.74 Å². The molecule has 2 nitrogen and oxygen atoms in total. The molecule has 2 rings (SSSR count). The summed E-state index contributed by atoms with van der Waals surface area (Å²) in [6.45, 7) is 2.20. The van der Waals surface area contributed by atoms with Crippen molar-refractivity contribution in [2.24, 2.45) is 0 Å². The molecule has 1 atom stereocenters. The van der Waals surface area contributed by atoms with Gasteiger partial charge in [0.2, 0.25) is 0 Å². The maximum Gasteiger partial charge on any atom is 0.119 e. The summed E-state index contributed by atoms with van der Waals surface area (Å²) >= 11 is 3.64. The van der Waals surface area contributed by atoms with Gasteiger partial charge in [0.25, 0.3) is 0 Å². The number of rotatable bonds is 6. The van der Waals surface area contributed by atoms with E-state index in [1.54, 1.807) is 7.11 Å². The Bertz CT molecular complexity index is 598. The summed E-state index contributed by atoms with van der Waals surface area (Å²) in [6.07, 6.45) is 1.97. The van der Waals surface area contributed by atoms with Crippen LogP contribution in [0, 0.1) is 0 Å². The molecule has 0 radical (unpaired) electrons. The highest BCUT2D eigenvalue weighted by molar-refractivity contribution is 9.10. The number of nitrogens with one attached hydrogen (secondary N) is 1. The summed E-state index contributed by atoms with van der Waals surface area (Å²) in [5.41, 5.74) is 4.02. The van der Waals surface area contributed by atoms with Gasteiger partial charge in [-0.25, -0.2) is 0 Å². The van der Waals surface area contributed by atoms with Gasteiger partial charge in [-0.1, -0.05) is 47.1 Å². The number of likely N-dealkylation sites (N-methyl/N-ethyl adjacent to an activating group) is 1. The van der Waals surface area contributed by atoms with E-state index in [1.807, 2.05) is 19.2 Å². The summed E-state index contributed by atoms with van der Waals surface area (Å²) in [7, 11) is 3.72. The lowest BCUT2D eigenvalue weighted by Gasteiger charge is -2.21. The van der Waals surface area contributed by atoms with Crippen LogP contribution in [0.25, 0.3) is 0 Å². The topological polar surface area (TPSA) is 21.3 Å². The molecule has 1 N–H and O–H groups in total. The molecular weight excluding hydrogens is 326 g/mol. The average Bonchev–Trinajstić information content (AvgIpc) is 2.54. The van der Waals surface area contributed by atoms with Crippen molar-refractivity contribution in [3.05, 3.63) is 63.6 Å². The van der Waals surface area contributed by atoms with Crippen molar-refractivity contribution in [2.45, 2.75) is 25.8 Å². The molecule has 0 aliphatic carbocycles. The number of benzene rings is 2. The number of ether oxygens (including phenoxy) is 1. The second-order valence-corrected chi connectivity index (χ2v) is 5.91. The predicted molar refractivity (Wildman–Crippen MR) is 92.0 cm³/mol. The quantitative estimate of drug-likeness (QED) is 0.829. The van der Waals surface area contributed by atoms with E-state index in [1.165, 1.54) is 16.7 Å². The standard InChI is InChI=1S/C18H22BrNO/c1-4-13-7-5-6-8-16(13)18(20-2)12-14-11-15(21-3)9-10-17(14)19/h5-11,18,20H,4,12H2,1-3H3. The molecule has 112 valence electrons. The van der Waals surface area contributed by atoms with Crippen molar-refractivity contribution < 1.29 is 4.74 Å². The van der Waals surface area contributed by atoms with Crippen LogP contribution >= 0.6 is 15.9 Å². The van der Waals surface area contributed by atoms with E-state index in [-0.39, 0.29) is 0 Å². The minimum atomic E-state index is 0.296. The number of hydrogen-bond acceptors (Lipinski definition) is 2. The van der Waals surface area contributed by atoms with Gasteiger partial charge in [-0.2, -0.15) is 0 Å². The van der Waals surface area contributed by atoms with E-state index in [0.717, 1.165) is 23.1 Å². The monoisotopic (exact) mass is 347 g/mol. The van der Waals surface area contributed by atoms with Gasteiger partial charge in [-0.15, -0.1) is 0 Å². The van der Waals surface area contributed by atoms with Crippen molar-refractivity contribution in [1.29, 1.82) is 0 Å². The third-order valence-electron chi connectivity index (χ3n) is 3.84. The Balaban J connectivity index is 2.31. The van der Waals surface area contributed by atoms with Crippen LogP contribution in [0.1, 0.15) is 29.7 Å². The summed E-state index contributed by atoms with van der Waals surface area (Å²) < 4.78 is 6.46. The van der Waals surface area contributed by atoms with E-state index < -0.39 is 0 Å². The minimum Gasteiger partial charge on any atom is -0.497 e. The molecule has 0 heterocycles. The first-order chi connectivity index (χ1) is 10.2. The molecule has 1 unspecified atom stereocenters. The lowest BCUT2D eigenvalue weighted by atomic mass is 9.94. The van der Waals surface area contributed by atoms with Crippen molar-refractivity contribution in [2.75, 3.05) is 14.2 Å². The third kappa shape index (κ3) is 3.86. The first-order valence-corrected chi connectivity index (χ1v) is 8.06. The van der Waals surface area contributed by atoms with E-state index in [9.17, 15) is 0 Å². The van der Waals surface area contributed by atoms with Gasteiger partial charge in [-0.3, -0.25) is 0 Å². The van der Waals surface area contributed by atoms with Gasteiger partial charge in [0.1, 0.15) is 5.75 Å². The zero-order valence-electron chi connectivity index (χ0n) is 12.8. The smallest absolute Gasteiger partial charge is 0.119 e. The summed E-state index contributed by atoms with van der Waals surface area (Å²) in [5.74, 6) is 0.895. The van der Waals surface area contributed by atoms with E-state index >= 15 is 0 Å². The number of hydrogen-bond donors (Lipinski definition) is 1. The van der Waals surface area contributed by atoms with Crippen LogP contribution in [-0.2, 0) is 12.8 Å². The normalized spacial score (nSPS) is 12.2. The van der Waals surface area contributed by atoms with Crippen LogP contribution in [0.5, 0.6) is 5.75 Å². The Hall–Kier alpha value is -1.32. The fraction of sp³-hybridized carbons (Fsp3) is 0.333. The van der Waals surface area contributed by atoms with Crippen molar-refractivity contribution in [3.63, 3.8) is 0 Å². The Morgan fingerprint density at radius 1 is 1.14 bits per heavy atom. The van der Waals surface area contributed by atoms with Crippen LogP contribution in [0.4, 0.5) is 0 Å². The highest BCUT2D eigenvalue weighted by atomic mass is 79.9. The zero-order valence-corrected chi connectivity index (χ0v) is 14.4. The molecule has 0 bridgehead atoms. The van der Waals surface area contributed by atoms with E-state index in [0.29, 0.717) is 6.04 Å². The maximum absolute atomic E-state index is 5.33. The molecule has 2 aromatic carbocycles. The first-order valence-electron chi connectivity index (χ1n) is 7.27. The van der Waals surface area contributed by atoms with Crippen LogP contribution in [0.3, 0.4) is 0 Å². The minimum absolute atomic E-state index is 0.296. The second kappa shape index (κ2) is 7.62. The molecule has 0 saturated heterocycles. The lowest BCUT2D eigenvalue weighted by molar-refractivity contribution is 0.413. The molecular formula is C18H22BrNO. The van der Waals surface area contributed by atoms with Crippen LogP contribution in [-0.4, -0.2) is 14.2 Å². The fourth-order valence-corrected chi connectivity index (χ4v) is 3.03. The molecule has 0 spiro atoms. The Morgan fingerprint density at radius 3 is 2.57 bits per heavy atom. The molecule has 0 aromatic heterocycles. The zero-order chi connectivity index (χ0) is 15.2. The fourth-order valence-electron chi connectivity index (χ4n) is 2.62. The number of halogens is 1. The Labute approximate surface area is 135 Å². The van der Waals surface area contributed by atoms with Crippen molar-refractivity contribution in [1.82, 2.24) is 5.32 Å². The second-order valence-electron chi connectivity index (χ2n) is 5.06. The summed E-state index contributed by atoms with van der Waals surface area (Å²) in [5, 5.41) is 3.44. The predicted octanol–water partition coefficient (Wildman–Crippen LogP) is 4.52. The molecule has 2 aromatic rings. The molecule has 0 amide bonds. The Morgan fingerprint density at radius 2 is 1.90 bits per heavy atom.